The van der Waals surface area contributed by atoms with Crippen molar-refractivity contribution in [1.29, 1.82) is 0 Å². The molecular formula is C109H178O12. The fourth-order valence-corrected chi connectivity index (χ4v) is 34.0. The number of hydrogen-bond donors (Lipinski definition) is 0. The van der Waals surface area contributed by atoms with Crippen molar-refractivity contribution in [3.63, 3.8) is 0 Å². The Morgan fingerprint density at radius 2 is 0.579 bits per heavy atom. The van der Waals surface area contributed by atoms with E-state index in [4.69, 9.17) is 28.4 Å². The summed E-state index contributed by atoms with van der Waals surface area (Å²) < 4.78 is 36.9. The van der Waals surface area contributed by atoms with Crippen molar-refractivity contribution >= 4 is 35.8 Å². The van der Waals surface area contributed by atoms with Gasteiger partial charge in [-0.1, -0.05) is 76.2 Å². The minimum atomic E-state index is -0.362. The average Bonchev–Trinajstić information content (AvgIpc) is 1.59. The van der Waals surface area contributed by atoms with E-state index in [0.717, 1.165) is 176 Å². The second-order valence-corrected chi connectivity index (χ2v) is 50.9. The van der Waals surface area contributed by atoms with Gasteiger partial charge in [0.15, 0.2) is 0 Å². The van der Waals surface area contributed by atoms with Gasteiger partial charge in [-0.25, -0.2) is 0 Å². The van der Waals surface area contributed by atoms with E-state index in [1.165, 1.54) is 199 Å². The van der Waals surface area contributed by atoms with Gasteiger partial charge in [-0.2, -0.15) is 0 Å². The number of carbonyl (C=O) groups is 6. The van der Waals surface area contributed by atoms with Gasteiger partial charge in [0, 0.05) is 22.7 Å². The molecule has 0 saturated heterocycles. The molecule has 24 aliphatic carbocycles. The van der Waals surface area contributed by atoms with Gasteiger partial charge in [0.1, 0.15) is 33.6 Å². The second kappa shape index (κ2) is 34.3. The molecule has 0 aromatic carbocycles. The summed E-state index contributed by atoms with van der Waals surface area (Å²) in [5.74, 6) is 22.7. The fourth-order valence-electron chi connectivity index (χ4n) is 34.0. The van der Waals surface area contributed by atoms with Crippen LogP contribution in [0, 0.1) is 199 Å². The molecule has 24 saturated carbocycles. The smallest absolute Gasteiger partial charge is 0.312 e. The highest BCUT2D eigenvalue weighted by Gasteiger charge is 2.71. The molecule has 0 aliphatic heterocycles. The Bertz CT molecular complexity index is 3570. The SMILES string of the molecule is CCC(C)(C)C(=O)OC(C)(C)C12CC3CC(CC(C3)C1)C2.CCC(C)(C)C(=O)OC1(C)C2CC3CC(C2)CC1C3.CCC(C)(C)C(=O)OC1(CC)CC2CC1C1C3CCC(C3)C21.CCC(C)C(=O)OC(C)(C)C12CC3CC(CC(C3)C1)C2.CCC(C)C(=O)OC1(C)C2CC3CC(C2)CC1C3.CCC(C)C(=O)OC1(CC)CC2CC1C1C3CCC(C3)C21. The molecule has 24 rings (SSSR count). The number of hydrogen-bond acceptors (Lipinski definition) is 12. The van der Waals surface area contributed by atoms with Gasteiger partial charge in [-0.15, -0.1) is 0 Å². The molecule has 0 radical (unpaired) electrons. The Kier molecular flexibility index (Phi) is 26.2. The first-order chi connectivity index (χ1) is 56.9. The van der Waals surface area contributed by atoms with E-state index in [9.17, 15) is 28.8 Å². The van der Waals surface area contributed by atoms with Crippen LogP contribution < -0.4 is 0 Å². The molecule has 12 nitrogen and oxygen atoms in total. The van der Waals surface area contributed by atoms with Crippen molar-refractivity contribution in [2.75, 3.05) is 0 Å². The zero-order valence-electron chi connectivity index (χ0n) is 81.4. The maximum atomic E-state index is 12.7. The lowest BCUT2D eigenvalue weighted by molar-refractivity contribution is -0.211. The first-order valence-electron chi connectivity index (χ1n) is 52.3. The highest BCUT2D eigenvalue weighted by atomic mass is 16.6. The largest absolute Gasteiger partial charge is 0.459 e. The molecule has 686 valence electrons. The Balaban J connectivity index is 0.000000113. The summed E-state index contributed by atoms with van der Waals surface area (Å²) in [4.78, 5) is 74.6. The van der Waals surface area contributed by atoms with Gasteiger partial charge in [-0.05, 0) is 482 Å². The summed E-state index contributed by atoms with van der Waals surface area (Å²) in [5, 5.41) is 0. The Morgan fingerprint density at radius 3 is 0.909 bits per heavy atom. The van der Waals surface area contributed by atoms with Crippen LogP contribution in [0.1, 0.15) is 416 Å². The molecule has 0 heterocycles. The molecule has 24 aliphatic rings. The van der Waals surface area contributed by atoms with Crippen LogP contribution in [0.15, 0.2) is 0 Å². The third-order valence-electron chi connectivity index (χ3n) is 42.4. The van der Waals surface area contributed by atoms with Gasteiger partial charge in [0.05, 0.1) is 34.0 Å². The topological polar surface area (TPSA) is 158 Å². The van der Waals surface area contributed by atoms with Crippen LogP contribution in [0.2, 0.25) is 0 Å². The molecule has 121 heavy (non-hydrogen) atoms. The highest BCUT2D eigenvalue weighted by molar-refractivity contribution is 5.78. The minimum Gasteiger partial charge on any atom is -0.459 e. The lowest BCUT2D eigenvalue weighted by Crippen LogP contribution is -2.58. The molecule has 0 aromatic heterocycles. The van der Waals surface area contributed by atoms with Crippen LogP contribution in [-0.4, -0.2) is 69.4 Å². The van der Waals surface area contributed by atoms with Crippen LogP contribution >= 0.6 is 0 Å². The van der Waals surface area contributed by atoms with Crippen LogP contribution in [0.25, 0.3) is 0 Å². The number of ether oxygens (including phenoxy) is 6. The van der Waals surface area contributed by atoms with Gasteiger partial charge < -0.3 is 28.4 Å². The summed E-state index contributed by atoms with van der Waals surface area (Å²) in [6.07, 6.45) is 50.7. The lowest BCUT2D eigenvalue weighted by Gasteiger charge is -2.61. The summed E-state index contributed by atoms with van der Waals surface area (Å²) in [7, 11) is 0. The molecule has 0 aromatic rings. The van der Waals surface area contributed by atoms with E-state index in [-0.39, 0.29) is 114 Å². The summed E-state index contributed by atoms with van der Waals surface area (Å²) >= 11 is 0. The zero-order chi connectivity index (χ0) is 87.2. The van der Waals surface area contributed by atoms with Crippen LogP contribution in [0.5, 0.6) is 0 Å². The molecule has 17 unspecified atom stereocenters. The Morgan fingerprint density at radius 1 is 0.298 bits per heavy atom. The predicted octanol–water partition coefficient (Wildman–Crippen LogP) is 26.7. The molecule has 0 amide bonds. The van der Waals surface area contributed by atoms with Crippen LogP contribution in [0.3, 0.4) is 0 Å². The third-order valence-corrected chi connectivity index (χ3v) is 42.4. The lowest BCUT2D eigenvalue weighted by atomic mass is 9.46. The average molecular weight is 1680 g/mol. The normalized spacial score (nSPS) is 45.1. The number of carbonyl (C=O) groups excluding carboxylic acids is 6. The number of esters is 6. The monoisotopic (exact) mass is 1680 g/mol. The van der Waals surface area contributed by atoms with E-state index in [0.29, 0.717) is 35.5 Å². The van der Waals surface area contributed by atoms with Crippen molar-refractivity contribution in [2.45, 2.75) is 450 Å². The third kappa shape index (κ3) is 16.9. The zero-order valence-corrected chi connectivity index (χ0v) is 81.4. The molecule has 0 spiro atoms. The molecule has 24 bridgehead atoms. The van der Waals surface area contributed by atoms with Crippen molar-refractivity contribution in [3.05, 3.63) is 0 Å². The number of rotatable bonds is 22. The molecule has 0 N–H and O–H groups in total. The first-order valence-corrected chi connectivity index (χ1v) is 52.3. The summed E-state index contributed by atoms with van der Waals surface area (Å²) in [6, 6.07) is 0. The van der Waals surface area contributed by atoms with E-state index < -0.39 is 0 Å². The minimum absolute atomic E-state index is 0.00763. The molecular weight excluding hydrogens is 1500 g/mol. The molecule has 24 fully saturated rings. The van der Waals surface area contributed by atoms with Gasteiger partial charge in [0.25, 0.3) is 0 Å². The van der Waals surface area contributed by atoms with Gasteiger partial charge in [-0.3, -0.25) is 28.8 Å². The van der Waals surface area contributed by atoms with Crippen molar-refractivity contribution < 1.29 is 57.2 Å². The second-order valence-electron chi connectivity index (χ2n) is 50.9. The van der Waals surface area contributed by atoms with E-state index in [1.807, 2.05) is 62.3 Å². The first kappa shape index (κ1) is 92.5. The summed E-state index contributed by atoms with van der Waals surface area (Å²) in [5.41, 5.74) is -1.65. The van der Waals surface area contributed by atoms with Crippen LogP contribution in [0.4, 0.5) is 0 Å². The highest BCUT2D eigenvalue weighted by Crippen LogP contribution is 2.74. The predicted molar refractivity (Wildman–Crippen MR) is 481 cm³/mol. The van der Waals surface area contributed by atoms with E-state index in [2.05, 4.69) is 96.9 Å². The summed E-state index contributed by atoms with van der Waals surface area (Å²) in [6.45, 7) is 48.2. The molecule has 17 atom stereocenters. The Labute approximate surface area is 737 Å². The van der Waals surface area contributed by atoms with Gasteiger partial charge >= 0.3 is 35.8 Å². The van der Waals surface area contributed by atoms with Crippen molar-refractivity contribution in [3.8, 4) is 0 Å². The number of fused-ring (bicyclic) bond motifs is 18. The Hall–Kier alpha value is -3.18. The van der Waals surface area contributed by atoms with Gasteiger partial charge in [0.2, 0.25) is 0 Å². The standard InChI is InChI=1S/C20H32O2.C19H30O2.C19H32O2.C18H30O2.C17H28O2.C16H26O2/c1-5-19(3,4)18(21)22-20(6-2)11-14-10-15(20)17-13-8-7-12(9-13)16(14)17;1-4-11(3)18(20)21-19(5-2)10-14-9-15(19)17-13-7-6-12(8-13)16(14)17;1-6-17(2,3)16(20)21-18(4,5)19-10-13-7-14(11-19)9-15(8-13)12-19;1-5-12(2)16(19)20-17(3,4)18-9-13-6-14(10-18)8-15(7-13)11-18;1-5-16(2,3)15(18)19-17(4)13-7-11-6-12(9-13)10-14(17)8-11;1-4-10(2)15(17)18-16(3)13-6-11-5-12(8-13)9-14(16)7-11/h12-17H,5-11H2,1-4H3;11-17H,4-10H2,1-3H3;13-15H,6-12H2,1-5H3;12-15H,5-11H2,1-4H3;11-14H,5-10H2,1-4H3;10-14H,4-9H2,1-3H3. The fraction of sp³-hybridized carbons (Fsp3) is 0.945. The van der Waals surface area contributed by atoms with E-state index >= 15 is 0 Å². The maximum absolute atomic E-state index is 12.7. The maximum Gasteiger partial charge on any atom is 0.312 e. The quantitative estimate of drug-likeness (QED) is 0.0575. The van der Waals surface area contributed by atoms with E-state index in [1.54, 1.807) is 0 Å². The van der Waals surface area contributed by atoms with Crippen molar-refractivity contribution in [2.24, 2.45) is 199 Å². The van der Waals surface area contributed by atoms with Crippen molar-refractivity contribution in [1.82, 2.24) is 0 Å². The molecule has 12 heteroatoms. The van der Waals surface area contributed by atoms with Crippen LogP contribution in [-0.2, 0) is 57.2 Å².